The van der Waals surface area contributed by atoms with Crippen molar-refractivity contribution in [2.75, 3.05) is 33.3 Å². The van der Waals surface area contributed by atoms with Gasteiger partial charge in [-0.05, 0) is 30.5 Å². The summed E-state index contributed by atoms with van der Waals surface area (Å²) in [7, 11) is 3.57. The topological polar surface area (TPSA) is 88.0 Å². The van der Waals surface area contributed by atoms with Gasteiger partial charge in [0.25, 0.3) is 0 Å². The molecule has 1 atom stereocenters. The third kappa shape index (κ3) is 4.52. The molecule has 3 heterocycles. The zero-order chi connectivity index (χ0) is 25.3. The number of hydrogen-bond acceptors (Lipinski definition) is 6. The van der Waals surface area contributed by atoms with Crippen molar-refractivity contribution < 1.29 is 19.1 Å². The molecule has 36 heavy (non-hydrogen) atoms. The fraction of sp³-hybridized carbons (Fsp3) is 0.556. The van der Waals surface area contributed by atoms with E-state index in [-0.39, 0.29) is 36.6 Å². The molecule has 5 rings (SSSR count). The number of piperazine rings is 1. The molecule has 2 aliphatic heterocycles. The second-order valence-corrected chi connectivity index (χ2v) is 10.3. The van der Waals surface area contributed by atoms with E-state index in [0.717, 1.165) is 51.1 Å². The van der Waals surface area contributed by atoms with Crippen molar-refractivity contribution in [1.29, 1.82) is 0 Å². The summed E-state index contributed by atoms with van der Waals surface area (Å²) in [5.74, 6) is 1.22. The van der Waals surface area contributed by atoms with Gasteiger partial charge in [-0.25, -0.2) is 4.98 Å². The summed E-state index contributed by atoms with van der Waals surface area (Å²) in [6.07, 6.45) is 7.53. The lowest BCUT2D eigenvalue weighted by atomic mass is 9.75. The van der Waals surface area contributed by atoms with E-state index >= 15 is 0 Å². The molecule has 0 N–H and O–H groups in total. The average molecular weight is 494 g/mol. The highest BCUT2D eigenvalue weighted by molar-refractivity contribution is 6.11. The van der Waals surface area contributed by atoms with Gasteiger partial charge in [0.1, 0.15) is 11.6 Å². The van der Waals surface area contributed by atoms with E-state index in [0.29, 0.717) is 24.4 Å². The van der Waals surface area contributed by atoms with Gasteiger partial charge >= 0.3 is 0 Å². The molecule has 3 aliphatic rings. The first-order valence-corrected chi connectivity index (χ1v) is 12.9. The minimum Gasteiger partial charge on any atom is -0.497 e. The van der Waals surface area contributed by atoms with E-state index in [2.05, 4.69) is 9.88 Å². The van der Waals surface area contributed by atoms with Crippen LogP contribution in [0.15, 0.2) is 36.7 Å². The van der Waals surface area contributed by atoms with Crippen LogP contribution in [-0.2, 0) is 33.4 Å². The fourth-order valence-electron chi connectivity index (χ4n) is 5.94. The molecular weight excluding hydrogens is 458 g/mol. The van der Waals surface area contributed by atoms with Gasteiger partial charge in [0.05, 0.1) is 19.1 Å². The van der Waals surface area contributed by atoms with E-state index in [4.69, 9.17) is 4.74 Å². The van der Waals surface area contributed by atoms with Crippen molar-refractivity contribution in [3.8, 4) is 5.75 Å². The van der Waals surface area contributed by atoms with Gasteiger partial charge in [0.15, 0.2) is 0 Å². The smallest absolute Gasteiger partial charge is 0.241 e. The first kappa shape index (κ1) is 24.5. The lowest BCUT2D eigenvalue weighted by molar-refractivity contribution is -0.145. The standard InChI is InChI=1S/C27H35N5O4/c1-29-12-11-28-23(29)19-30-13-15-31(16-14-30)24(33)17-27(20-7-9-22(36-2)10-8-20)18-25(34)32(26(27)35)21-5-3-4-6-21/h7-12,21H,3-6,13-19H2,1-2H3/t27-/m0/s1. The molecule has 192 valence electrons. The largest absolute Gasteiger partial charge is 0.497 e. The second-order valence-electron chi connectivity index (χ2n) is 10.3. The molecule has 1 aliphatic carbocycles. The van der Waals surface area contributed by atoms with Crippen LogP contribution >= 0.6 is 0 Å². The fourth-order valence-corrected chi connectivity index (χ4v) is 5.94. The van der Waals surface area contributed by atoms with Crippen LogP contribution in [0.3, 0.4) is 0 Å². The highest BCUT2D eigenvalue weighted by Crippen LogP contribution is 2.43. The van der Waals surface area contributed by atoms with Crippen LogP contribution in [0.25, 0.3) is 0 Å². The van der Waals surface area contributed by atoms with Crippen LogP contribution in [0.2, 0.25) is 0 Å². The van der Waals surface area contributed by atoms with E-state index < -0.39 is 5.41 Å². The highest BCUT2D eigenvalue weighted by Gasteiger charge is 2.56. The van der Waals surface area contributed by atoms with Crippen molar-refractivity contribution in [2.45, 2.75) is 56.5 Å². The molecule has 0 spiro atoms. The number of benzene rings is 1. The lowest BCUT2D eigenvalue weighted by Crippen LogP contribution is -2.51. The summed E-state index contributed by atoms with van der Waals surface area (Å²) in [5.41, 5.74) is -0.448. The summed E-state index contributed by atoms with van der Waals surface area (Å²) in [4.78, 5) is 50.8. The molecule has 3 fully saturated rings. The molecule has 1 aromatic heterocycles. The number of hydrogen-bond donors (Lipinski definition) is 0. The quantitative estimate of drug-likeness (QED) is 0.549. The summed E-state index contributed by atoms with van der Waals surface area (Å²) < 4.78 is 7.31. The van der Waals surface area contributed by atoms with E-state index in [1.54, 1.807) is 25.4 Å². The number of aromatic nitrogens is 2. The van der Waals surface area contributed by atoms with E-state index in [1.807, 2.05) is 34.8 Å². The number of rotatable bonds is 7. The van der Waals surface area contributed by atoms with Gasteiger partial charge in [0.2, 0.25) is 17.7 Å². The van der Waals surface area contributed by atoms with Gasteiger partial charge < -0.3 is 14.2 Å². The first-order chi connectivity index (χ1) is 17.4. The summed E-state index contributed by atoms with van der Waals surface area (Å²) >= 11 is 0. The van der Waals surface area contributed by atoms with E-state index in [9.17, 15) is 14.4 Å². The van der Waals surface area contributed by atoms with Crippen LogP contribution in [0.4, 0.5) is 0 Å². The number of imidazole rings is 1. The number of imide groups is 1. The van der Waals surface area contributed by atoms with Crippen LogP contribution in [0.1, 0.15) is 49.9 Å². The van der Waals surface area contributed by atoms with Crippen molar-refractivity contribution in [1.82, 2.24) is 24.3 Å². The Labute approximate surface area is 212 Å². The number of carbonyl (C=O) groups excluding carboxylic acids is 3. The van der Waals surface area contributed by atoms with Crippen molar-refractivity contribution >= 4 is 17.7 Å². The van der Waals surface area contributed by atoms with Crippen molar-refractivity contribution in [3.63, 3.8) is 0 Å². The Hall–Kier alpha value is -3.20. The van der Waals surface area contributed by atoms with Gasteiger partial charge in [0, 0.05) is 64.5 Å². The normalized spacial score (nSPS) is 23.6. The highest BCUT2D eigenvalue weighted by atomic mass is 16.5. The number of ether oxygens (including phenoxy) is 1. The van der Waals surface area contributed by atoms with Crippen molar-refractivity contribution in [2.24, 2.45) is 7.05 Å². The minimum absolute atomic E-state index is 0.00644. The number of aryl methyl sites for hydroxylation is 1. The van der Waals surface area contributed by atoms with Crippen LogP contribution in [-0.4, -0.2) is 81.3 Å². The maximum atomic E-state index is 13.9. The number of likely N-dealkylation sites (tertiary alicyclic amines) is 1. The Morgan fingerprint density at radius 1 is 1.08 bits per heavy atom. The molecule has 1 saturated carbocycles. The molecule has 2 saturated heterocycles. The molecule has 9 nitrogen and oxygen atoms in total. The Morgan fingerprint density at radius 2 is 1.78 bits per heavy atom. The van der Waals surface area contributed by atoms with Gasteiger partial charge in [-0.2, -0.15) is 0 Å². The maximum Gasteiger partial charge on any atom is 0.241 e. The molecule has 3 amide bonds. The first-order valence-electron chi connectivity index (χ1n) is 12.9. The number of amides is 3. The third-order valence-corrected chi connectivity index (χ3v) is 8.15. The van der Waals surface area contributed by atoms with Crippen LogP contribution in [0.5, 0.6) is 5.75 Å². The summed E-state index contributed by atoms with van der Waals surface area (Å²) in [6, 6.07) is 7.22. The predicted molar refractivity (Wildman–Crippen MR) is 133 cm³/mol. The van der Waals surface area contributed by atoms with Crippen LogP contribution < -0.4 is 4.74 Å². The maximum absolute atomic E-state index is 13.9. The molecular formula is C27H35N5O4. The molecule has 0 radical (unpaired) electrons. The van der Waals surface area contributed by atoms with Gasteiger partial charge in [-0.3, -0.25) is 24.2 Å². The number of carbonyl (C=O) groups is 3. The minimum atomic E-state index is -1.16. The molecule has 2 aromatic rings. The average Bonchev–Trinajstić information content (AvgIpc) is 3.61. The Morgan fingerprint density at radius 3 is 2.39 bits per heavy atom. The molecule has 1 aromatic carbocycles. The SMILES string of the molecule is COc1ccc([C@]2(CC(=O)N3CCN(Cc4nccn4C)CC3)CC(=O)N(C3CCCC3)C2=O)cc1. The predicted octanol–water partition coefficient (Wildman–Crippen LogP) is 2.10. The van der Waals surface area contributed by atoms with E-state index in [1.165, 1.54) is 4.90 Å². The Balaban J connectivity index is 1.33. The Kier molecular flexibility index (Phi) is 6.83. The van der Waals surface area contributed by atoms with Gasteiger partial charge in [-0.1, -0.05) is 25.0 Å². The Bertz CT molecular complexity index is 1120. The number of methoxy groups -OCH3 is 1. The molecule has 9 heteroatoms. The zero-order valence-corrected chi connectivity index (χ0v) is 21.2. The summed E-state index contributed by atoms with van der Waals surface area (Å²) in [6.45, 7) is 3.42. The molecule has 0 unspecified atom stereocenters. The third-order valence-electron chi connectivity index (χ3n) is 8.15. The monoisotopic (exact) mass is 493 g/mol. The van der Waals surface area contributed by atoms with Crippen LogP contribution in [0, 0.1) is 0 Å². The molecule has 0 bridgehead atoms. The summed E-state index contributed by atoms with van der Waals surface area (Å²) in [5, 5.41) is 0. The van der Waals surface area contributed by atoms with Crippen molar-refractivity contribution in [3.05, 3.63) is 48.0 Å². The zero-order valence-electron chi connectivity index (χ0n) is 21.2. The van der Waals surface area contributed by atoms with Gasteiger partial charge in [-0.15, -0.1) is 0 Å². The second kappa shape index (κ2) is 10.0. The lowest BCUT2D eigenvalue weighted by Gasteiger charge is -2.36. The number of nitrogens with zero attached hydrogens (tertiary/aromatic N) is 5.